The van der Waals surface area contributed by atoms with Crippen molar-refractivity contribution in [3.05, 3.63) is 71.3 Å². The van der Waals surface area contributed by atoms with Crippen molar-refractivity contribution >= 4 is 0 Å². The molecule has 1 N–H and O–H groups in total. The summed E-state index contributed by atoms with van der Waals surface area (Å²) in [4.78, 5) is 2.52. The zero-order valence-electron chi connectivity index (χ0n) is 15.6. The van der Waals surface area contributed by atoms with E-state index < -0.39 is 5.60 Å². The largest absolute Gasteiger partial charge is 0.384 e. The topological polar surface area (TPSA) is 23.5 Å². The summed E-state index contributed by atoms with van der Waals surface area (Å²) in [6, 6.07) is 19.1. The van der Waals surface area contributed by atoms with Gasteiger partial charge in [0.1, 0.15) is 0 Å². The molecule has 1 aliphatic rings. The molecule has 1 fully saturated rings. The molecule has 2 aromatic rings. The lowest BCUT2D eigenvalue weighted by Gasteiger charge is -2.39. The van der Waals surface area contributed by atoms with Crippen LogP contribution in [0.2, 0.25) is 0 Å². The number of nitrogens with zero attached hydrogens (tertiary/aromatic N) is 1. The summed E-state index contributed by atoms with van der Waals surface area (Å²) in [5.41, 5.74) is 2.70. The zero-order chi connectivity index (χ0) is 17.7. The van der Waals surface area contributed by atoms with Gasteiger partial charge in [-0.3, -0.25) is 0 Å². The number of likely N-dealkylation sites (tertiary alicyclic amines) is 1. The van der Waals surface area contributed by atoms with Gasteiger partial charge in [-0.1, -0.05) is 73.5 Å². The molecule has 1 saturated heterocycles. The number of hydrogen-bond acceptors (Lipinski definition) is 2. The van der Waals surface area contributed by atoms with Crippen LogP contribution in [-0.4, -0.2) is 29.6 Å². The van der Waals surface area contributed by atoms with Crippen LogP contribution in [0.3, 0.4) is 0 Å². The Kier molecular flexibility index (Phi) is 5.93. The highest BCUT2D eigenvalue weighted by Crippen LogP contribution is 2.41. The van der Waals surface area contributed by atoms with Gasteiger partial charge in [0.05, 0.1) is 5.60 Å². The van der Waals surface area contributed by atoms with Gasteiger partial charge in [-0.15, -0.1) is 0 Å². The van der Waals surface area contributed by atoms with E-state index in [9.17, 15) is 5.11 Å². The van der Waals surface area contributed by atoms with E-state index >= 15 is 0 Å². The first kappa shape index (κ1) is 18.2. The third-order valence-electron chi connectivity index (χ3n) is 5.60. The summed E-state index contributed by atoms with van der Waals surface area (Å²) in [5, 5.41) is 11.9. The van der Waals surface area contributed by atoms with Crippen LogP contribution < -0.4 is 0 Å². The van der Waals surface area contributed by atoms with Gasteiger partial charge in [0.15, 0.2) is 0 Å². The molecule has 2 atom stereocenters. The highest BCUT2D eigenvalue weighted by Gasteiger charge is 2.39. The Balaban J connectivity index is 2.00. The SMILES string of the molecule is CCC[C@](O)(c1ccc(C)cc1)[C@@H](CN1CCCC1)c1ccccc1. The minimum atomic E-state index is -0.827. The van der Waals surface area contributed by atoms with Crippen LogP contribution in [0.15, 0.2) is 54.6 Å². The first-order valence-corrected chi connectivity index (χ1v) is 9.70. The molecule has 0 saturated carbocycles. The van der Waals surface area contributed by atoms with Crippen molar-refractivity contribution in [2.24, 2.45) is 0 Å². The van der Waals surface area contributed by atoms with Crippen molar-refractivity contribution in [1.82, 2.24) is 4.90 Å². The third-order valence-corrected chi connectivity index (χ3v) is 5.60. The lowest BCUT2D eigenvalue weighted by Crippen LogP contribution is -2.40. The fraction of sp³-hybridized carbons (Fsp3) is 0.478. The average molecular weight is 338 g/mol. The Hall–Kier alpha value is -1.64. The summed E-state index contributed by atoms with van der Waals surface area (Å²) in [7, 11) is 0. The molecule has 25 heavy (non-hydrogen) atoms. The molecule has 1 heterocycles. The molecule has 1 aliphatic heterocycles. The van der Waals surface area contributed by atoms with E-state index in [0.717, 1.165) is 38.0 Å². The van der Waals surface area contributed by atoms with Gasteiger partial charge in [0.25, 0.3) is 0 Å². The molecule has 3 rings (SSSR count). The summed E-state index contributed by atoms with van der Waals surface area (Å²) in [6.07, 6.45) is 4.30. The van der Waals surface area contributed by atoms with Gasteiger partial charge in [-0.05, 0) is 50.4 Å². The van der Waals surface area contributed by atoms with E-state index in [1.165, 1.54) is 24.0 Å². The van der Waals surface area contributed by atoms with Crippen LogP contribution in [0.1, 0.15) is 55.2 Å². The highest BCUT2D eigenvalue weighted by molar-refractivity contribution is 5.33. The smallest absolute Gasteiger partial charge is 0.0976 e. The molecule has 0 spiro atoms. The van der Waals surface area contributed by atoms with Crippen LogP contribution in [0.25, 0.3) is 0 Å². The van der Waals surface area contributed by atoms with Crippen LogP contribution in [0, 0.1) is 6.92 Å². The Morgan fingerprint density at radius 3 is 2.24 bits per heavy atom. The van der Waals surface area contributed by atoms with Crippen molar-refractivity contribution in [2.75, 3.05) is 19.6 Å². The predicted octanol–water partition coefficient (Wildman–Crippen LogP) is 4.86. The van der Waals surface area contributed by atoms with E-state index in [4.69, 9.17) is 0 Å². The Morgan fingerprint density at radius 2 is 1.64 bits per heavy atom. The van der Waals surface area contributed by atoms with Gasteiger partial charge in [0.2, 0.25) is 0 Å². The predicted molar refractivity (Wildman–Crippen MR) is 105 cm³/mol. The second-order valence-electron chi connectivity index (χ2n) is 7.51. The molecule has 2 nitrogen and oxygen atoms in total. The second kappa shape index (κ2) is 8.16. The van der Waals surface area contributed by atoms with Gasteiger partial charge in [-0.25, -0.2) is 0 Å². The van der Waals surface area contributed by atoms with Crippen LogP contribution >= 0.6 is 0 Å². The van der Waals surface area contributed by atoms with Crippen molar-refractivity contribution in [3.63, 3.8) is 0 Å². The van der Waals surface area contributed by atoms with Crippen LogP contribution in [-0.2, 0) is 5.60 Å². The lowest BCUT2D eigenvalue weighted by atomic mass is 9.74. The minimum absolute atomic E-state index is 0.0921. The van der Waals surface area contributed by atoms with E-state index in [1.807, 2.05) is 0 Å². The van der Waals surface area contributed by atoms with E-state index in [0.29, 0.717) is 0 Å². The number of hydrogen-bond donors (Lipinski definition) is 1. The summed E-state index contributed by atoms with van der Waals surface area (Å²) >= 11 is 0. The molecular formula is C23H31NO. The van der Waals surface area contributed by atoms with E-state index in [2.05, 4.69) is 73.3 Å². The van der Waals surface area contributed by atoms with Crippen molar-refractivity contribution in [3.8, 4) is 0 Å². The van der Waals surface area contributed by atoms with Gasteiger partial charge >= 0.3 is 0 Å². The molecule has 0 amide bonds. The average Bonchev–Trinajstić information content (AvgIpc) is 3.14. The fourth-order valence-corrected chi connectivity index (χ4v) is 4.18. The first-order chi connectivity index (χ1) is 12.1. The number of rotatable bonds is 7. The Labute approximate surface area is 152 Å². The summed E-state index contributed by atoms with van der Waals surface area (Å²) < 4.78 is 0. The fourth-order valence-electron chi connectivity index (χ4n) is 4.18. The van der Waals surface area contributed by atoms with Crippen molar-refractivity contribution < 1.29 is 5.11 Å². The molecule has 0 bridgehead atoms. The van der Waals surface area contributed by atoms with Gasteiger partial charge < -0.3 is 10.0 Å². The molecular weight excluding hydrogens is 306 g/mol. The Bertz CT molecular complexity index is 646. The monoisotopic (exact) mass is 337 g/mol. The summed E-state index contributed by atoms with van der Waals surface area (Å²) in [5.74, 6) is 0.0921. The molecule has 2 heteroatoms. The van der Waals surface area contributed by atoms with E-state index in [-0.39, 0.29) is 5.92 Å². The highest BCUT2D eigenvalue weighted by atomic mass is 16.3. The lowest BCUT2D eigenvalue weighted by molar-refractivity contribution is -0.0117. The van der Waals surface area contributed by atoms with Crippen molar-refractivity contribution in [1.29, 1.82) is 0 Å². The maximum Gasteiger partial charge on any atom is 0.0976 e. The minimum Gasteiger partial charge on any atom is -0.384 e. The first-order valence-electron chi connectivity index (χ1n) is 9.70. The molecule has 2 aromatic carbocycles. The third kappa shape index (κ3) is 4.13. The normalized spacial score (nSPS) is 18.8. The molecule has 0 aromatic heterocycles. The van der Waals surface area contributed by atoms with E-state index in [1.54, 1.807) is 0 Å². The second-order valence-corrected chi connectivity index (χ2v) is 7.51. The number of aryl methyl sites for hydroxylation is 1. The molecule has 0 aliphatic carbocycles. The maximum absolute atomic E-state index is 11.9. The van der Waals surface area contributed by atoms with Crippen molar-refractivity contribution in [2.45, 2.75) is 51.0 Å². The molecule has 134 valence electrons. The zero-order valence-corrected chi connectivity index (χ0v) is 15.6. The standard InChI is InChI=1S/C23H31NO/c1-3-15-23(25,21-13-11-19(2)12-14-21)22(18-24-16-7-8-17-24)20-9-5-4-6-10-20/h4-6,9-14,22,25H,3,7-8,15-18H2,1-2H3/t22-,23-/m0/s1. The Morgan fingerprint density at radius 1 is 1.00 bits per heavy atom. The molecule has 0 radical (unpaired) electrons. The summed E-state index contributed by atoms with van der Waals surface area (Å²) in [6.45, 7) is 7.49. The van der Waals surface area contributed by atoms with Gasteiger partial charge in [0, 0.05) is 12.5 Å². The number of aliphatic hydroxyl groups is 1. The maximum atomic E-state index is 11.9. The quantitative estimate of drug-likeness (QED) is 0.780. The van der Waals surface area contributed by atoms with Crippen LogP contribution in [0.4, 0.5) is 0 Å². The van der Waals surface area contributed by atoms with Gasteiger partial charge in [-0.2, -0.15) is 0 Å². The van der Waals surface area contributed by atoms with Crippen LogP contribution in [0.5, 0.6) is 0 Å². The molecule has 0 unspecified atom stereocenters. The number of benzene rings is 2.